The van der Waals surface area contributed by atoms with Gasteiger partial charge in [-0.25, -0.2) is 13.6 Å². The van der Waals surface area contributed by atoms with E-state index in [-0.39, 0.29) is 26.5 Å². The lowest BCUT2D eigenvalue weighted by molar-refractivity contribution is 0.0572. The number of nitrogens with two attached hydrogens (primary N) is 1. The molecule has 6 N–H and O–H groups in total. The summed E-state index contributed by atoms with van der Waals surface area (Å²) in [6.45, 7) is 1.33. The molecule has 34 heavy (non-hydrogen) atoms. The number of hydrogen-bond acceptors (Lipinski definition) is 8. The first kappa shape index (κ1) is 26.2. The first-order valence-corrected chi connectivity index (χ1v) is 11.9. The fraction of sp³-hybridized carbons (Fsp3) is 0.450. The predicted molar refractivity (Wildman–Crippen MR) is 124 cm³/mol. The summed E-state index contributed by atoms with van der Waals surface area (Å²) in [4.78, 5) is 26.0. The molecule has 3 rings (SSSR count). The van der Waals surface area contributed by atoms with E-state index in [1.807, 2.05) is 4.90 Å². The molecule has 2 aromatic rings. The predicted octanol–water partition coefficient (Wildman–Crippen LogP) is 1.80. The lowest BCUT2D eigenvalue weighted by atomic mass is 10.2. The molecule has 10 nitrogen and oxygen atoms in total. The number of primary amides is 1. The Morgan fingerprint density at radius 3 is 2.50 bits per heavy atom. The molecule has 2 unspecified atom stereocenters. The van der Waals surface area contributed by atoms with Crippen molar-refractivity contribution in [2.24, 2.45) is 5.73 Å². The highest BCUT2D eigenvalue weighted by atomic mass is 79.9. The molecular weight excluding hydrogens is 540 g/mol. The molecule has 186 valence electrons. The van der Waals surface area contributed by atoms with Crippen LogP contribution in [-0.2, 0) is 6.61 Å². The average molecular weight is 564 g/mol. The molecule has 0 spiro atoms. The Morgan fingerprint density at radius 1 is 1.24 bits per heavy atom. The molecule has 1 aromatic carbocycles. The summed E-state index contributed by atoms with van der Waals surface area (Å²) in [5, 5.41) is 24.2. The van der Waals surface area contributed by atoms with Crippen LogP contribution in [0.2, 0.25) is 0 Å². The second kappa shape index (κ2) is 11.8. The third-order valence-electron chi connectivity index (χ3n) is 5.11. The average Bonchev–Trinajstić information content (AvgIpc) is 3.29. The second-order valence-corrected chi connectivity index (χ2v) is 9.36. The molecule has 1 aliphatic heterocycles. The van der Waals surface area contributed by atoms with E-state index in [2.05, 4.69) is 30.9 Å². The number of unbranched alkanes of at least 4 members (excludes halogenated alkanes) is 1. The van der Waals surface area contributed by atoms with Crippen LogP contribution in [0.4, 0.5) is 18.6 Å². The number of halogens is 3. The Hall–Kier alpha value is -2.39. The third kappa shape index (κ3) is 6.82. The number of carbonyl (C=O) groups is 2. The van der Waals surface area contributed by atoms with Crippen molar-refractivity contribution in [2.45, 2.75) is 31.7 Å². The maximum Gasteiger partial charge on any atom is 0.319 e. The zero-order chi connectivity index (χ0) is 24.8. The van der Waals surface area contributed by atoms with Crippen LogP contribution in [0.5, 0.6) is 5.88 Å². The van der Waals surface area contributed by atoms with E-state index in [1.165, 1.54) is 0 Å². The zero-order valence-corrected chi connectivity index (χ0v) is 20.3. The number of β-amino-alcohol motifs (C(OH)–C–C–N with tert-alkyl or cyclic N) is 2. The van der Waals surface area contributed by atoms with Crippen molar-refractivity contribution < 1.29 is 33.3 Å². The normalized spacial score (nSPS) is 18.1. The molecule has 0 bridgehead atoms. The minimum absolute atomic E-state index is 0.0387. The van der Waals surface area contributed by atoms with Crippen LogP contribution in [0.1, 0.15) is 28.8 Å². The smallest absolute Gasteiger partial charge is 0.319 e. The van der Waals surface area contributed by atoms with Crippen molar-refractivity contribution >= 4 is 44.4 Å². The molecule has 0 radical (unpaired) electrons. The summed E-state index contributed by atoms with van der Waals surface area (Å²) in [5.74, 6) is -2.84. The van der Waals surface area contributed by atoms with Crippen LogP contribution in [0.3, 0.4) is 0 Å². The van der Waals surface area contributed by atoms with Gasteiger partial charge in [0.1, 0.15) is 28.8 Å². The lowest BCUT2D eigenvalue weighted by Gasteiger charge is -2.14. The lowest BCUT2D eigenvalue weighted by Crippen LogP contribution is -2.31. The molecule has 3 amide bonds. The minimum atomic E-state index is -0.925. The van der Waals surface area contributed by atoms with Gasteiger partial charge in [0.25, 0.3) is 5.91 Å². The van der Waals surface area contributed by atoms with Crippen LogP contribution in [-0.4, -0.2) is 69.8 Å². The molecule has 1 saturated heterocycles. The number of likely N-dealkylation sites (tertiary alicyclic amines) is 1. The Kier molecular flexibility index (Phi) is 9.13. The van der Waals surface area contributed by atoms with Gasteiger partial charge in [0.05, 0.1) is 17.8 Å². The van der Waals surface area contributed by atoms with Crippen molar-refractivity contribution in [3.05, 3.63) is 39.4 Å². The van der Waals surface area contributed by atoms with E-state index < -0.39 is 42.4 Å². The summed E-state index contributed by atoms with van der Waals surface area (Å²) in [5.41, 5.74) is 4.83. The number of anilines is 1. The first-order valence-electron chi connectivity index (χ1n) is 10.3. The summed E-state index contributed by atoms with van der Waals surface area (Å²) in [6, 6.07) is 1.56. The Balaban J connectivity index is 1.49. The molecule has 2 atom stereocenters. The van der Waals surface area contributed by atoms with Crippen molar-refractivity contribution in [1.82, 2.24) is 14.6 Å². The highest BCUT2D eigenvalue weighted by molar-refractivity contribution is 9.10. The highest BCUT2D eigenvalue weighted by Crippen LogP contribution is 2.31. The summed E-state index contributed by atoms with van der Waals surface area (Å²) < 4.78 is 37.5. The number of urea groups is 1. The van der Waals surface area contributed by atoms with Gasteiger partial charge >= 0.3 is 6.03 Å². The number of aliphatic hydroxyl groups is 2. The van der Waals surface area contributed by atoms with Crippen LogP contribution < -0.4 is 21.1 Å². The summed E-state index contributed by atoms with van der Waals surface area (Å²) >= 11 is 3.73. The van der Waals surface area contributed by atoms with E-state index in [1.54, 1.807) is 0 Å². The minimum Gasteiger partial charge on any atom is -0.471 e. The fourth-order valence-corrected chi connectivity index (χ4v) is 4.50. The molecule has 1 fully saturated rings. The van der Waals surface area contributed by atoms with Gasteiger partial charge in [-0.05, 0) is 43.1 Å². The number of rotatable bonds is 10. The fourth-order valence-electron chi connectivity index (χ4n) is 3.37. The number of benzene rings is 1. The number of nitrogens with one attached hydrogen (secondary N) is 2. The molecule has 1 aliphatic rings. The van der Waals surface area contributed by atoms with Gasteiger partial charge in [0.2, 0.25) is 5.88 Å². The van der Waals surface area contributed by atoms with E-state index >= 15 is 0 Å². The second-order valence-electron chi connectivity index (χ2n) is 7.68. The van der Waals surface area contributed by atoms with E-state index in [4.69, 9.17) is 10.5 Å². The summed E-state index contributed by atoms with van der Waals surface area (Å²) in [7, 11) is 0. The quantitative estimate of drug-likeness (QED) is 0.276. The zero-order valence-electron chi connectivity index (χ0n) is 17.9. The molecule has 0 aliphatic carbocycles. The monoisotopic (exact) mass is 563 g/mol. The third-order valence-corrected chi connectivity index (χ3v) is 6.32. The number of aliphatic hydroxyl groups excluding tert-OH is 2. The molecule has 1 aromatic heterocycles. The van der Waals surface area contributed by atoms with Gasteiger partial charge in [0.15, 0.2) is 0 Å². The number of nitrogens with zero attached hydrogens (tertiary/aromatic N) is 2. The van der Waals surface area contributed by atoms with Crippen molar-refractivity contribution in [2.75, 3.05) is 31.5 Å². The van der Waals surface area contributed by atoms with Gasteiger partial charge in [-0.1, -0.05) is 15.9 Å². The number of aromatic nitrogens is 1. The van der Waals surface area contributed by atoms with Gasteiger partial charge in [-0.2, -0.15) is 4.37 Å². The Labute approximate surface area is 206 Å². The van der Waals surface area contributed by atoms with E-state index in [0.717, 1.165) is 30.1 Å². The number of ether oxygens (including phenoxy) is 1. The van der Waals surface area contributed by atoms with Crippen LogP contribution in [0.25, 0.3) is 0 Å². The largest absolute Gasteiger partial charge is 0.471 e. The van der Waals surface area contributed by atoms with Crippen molar-refractivity contribution in [1.29, 1.82) is 0 Å². The Morgan fingerprint density at radius 2 is 1.88 bits per heavy atom. The molecule has 0 saturated carbocycles. The maximum atomic E-state index is 14.0. The summed E-state index contributed by atoms with van der Waals surface area (Å²) in [6.07, 6.45) is -0.0669. The van der Waals surface area contributed by atoms with Crippen LogP contribution in [0, 0.1) is 11.6 Å². The van der Waals surface area contributed by atoms with E-state index in [0.29, 0.717) is 32.6 Å². The van der Waals surface area contributed by atoms with E-state index in [9.17, 15) is 28.6 Å². The highest BCUT2D eigenvalue weighted by Gasteiger charge is 2.28. The van der Waals surface area contributed by atoms with Crippen LogP contribution in [0.15, 0.2) is 16.6 Å². The number of amides is 3. The maximum absolute atomic E-state index is 14.0. The van der Waals surface area contributed by atoms with Gasteiger partial charge < -0.3 is 26.0 Å². The molecule has 14 heteroatoms. The number of carbonyl (C=O) groups excluding carboxylic acids is 2. The van der Waals surface area contributed by atoms with Gasteiger partial charge in [-0.3, -0.25) is 15.0 Å². The van der Waals surface area contributed by atoms with Crippen LogP contribution >= 0.6 is 27.5 Å². The Bertz CT molecular complexity index is 1010. The number of hydrogen-bond donors (Lipinski definition) is 5. The van der Waals surface area contributed by atoms with Crippen molar-refractivity contribution in [3.8, 4) is 5.88 Å². The first-order chi connectivity index (χ1) is 16.2. The molecule has 2 heterocycles. The van der Waals surface area contributed by atoms with Gasteiger partial charge in [0, 0.05) is 24.1 Å². The van der Waals surface area contributed by atoms with Gasteiger partial charge in [-0.15, -0.1) is 0 Å². The van der Waals surface area contributed by atoms with Crippen molar-refractivity contribution in [3.63, 3.8) is 0 Å². The molecular formula is C20H24BrF2N5O5S. The SMILES string of the molecule is NC(=O)c1c(OCc2c(F)cc(Br)cc2F)nsc1NC(=O)NCCCCN1CC(O)C(O)C1. The standard InChI is InChI=1S/C20H24BrF2N5O5S/c21-10-5-12(22)11(13(23)6-10)9-33-18-16(17(24)31)19(34-27-18)26-20(32)25-3-1-2-4-28-7-14(29)15(30)8-28/h5-6,14-15,29-30H,1-4,7-9H2,(H2,24,31)(H2,25,26,32). The topological polar surface area (TPSA) is 150 Å².